The highest BCUT2D eigenvalue weighted by Gasteiger charge is 2.38. The lowest BCUT2D eigenvalue weighted by molar-refractivity contribution is -0.159. The normalized spacial score (nSPS) is 11.4. The second kappa shape index (κ2) is 8.53. The first-order valence-corrected chi connectivity index (χ1v) is 8.66. The van der Waals surface area contributed by atoms with Gasteiger partial charge in [-0.05, 0) is 37.1 Å². The maximum Gasteiger partial charge on any atom is 0.471 e. The summed E-state index contributed by atoms with van der Waals surface area (Å²) < 4.78 is 66.2. The standard InChI is InChI=1S/C18H15F4N5O4/c1-8-5-10(15-26-17(31-27-15)18(20,21)22)6-9(2)13(8)29-3-4-30-16-12(14(23)28)25-11(19)7-24-16/h5-7H,3-4H2,1-2H3,(H2,23,28). The van der Waals surface area contributed by atoms with Gasteiger partial charge in [0, 0.05) is 5.56 Å². The number of carbonyl (C=O) groups excluding carboxylic acids is 1. The maximum absolute atomic E-state index is 13.1. The van der Waals surface area contributed by atoms with Gasteiger partial charge in [0.05, 0.1) is 6.20 Å². The van der Waals surface area contributed by atoms with Gasteiger partial charge in [-0.1, -0.05) is 5.16 Å². The zero-order chi connectivity index (χ0) is 22.8. The first-order valence-electron chi connectivity index (χ1n) is 8.66. The molecule has 2 aromatic heterocycles. The van der Waals surface area contributed by atoms with Crippen molar-refractivity contribution < 1.29 is 36.4 Å². The van der Waals surface area contributed by atoms with Crippen LogP contribution in [0.2, 0.25) is 0 Å². The molecule has 2 heterocycles. The Morgan fingerprint density at radius 1 is 1.13 bits per heavy atom. The molecule has 0 radical (unpaired) electrons. The molecule has 2 N–H and O–H groups in total. The van der Waals surface area contributed by atoms with Crippen LogP contribution in [0.5, 0.6) is 11.6 Å². The Bertz CT molecular complexity index is 1090. The quantitative estimate of drug-likeness (QED) is 0.438. The summed E-state index contributed by atoms with van der Waals surface area (Å²) in [4.78, 5) is 21.6. The molecular formula is C18H15F4N5O4. The Balaban J connectivity index is 1.67. The molecule has 9 nitrogen and oxygen atoms in total. The number of rotatable bonds is 7. The van der Waals surface area contributed by atoms with Gasteiger partial charge in [-0.3, -0.25) is 4.79 Å². The zero-order valence-electron chi connectivity index (χ0n) is 16.2. The number of amides is 1. The lowest BCUT2D eigenvalue weighted by Crippen LogP contribution is -2.19. The summed E-state index contributed by atoms with van der Waals surface area (Å²) in [6, 6.07) is 3.09. The highest BCUT2D eigenvalue weighted by Crippen LogP contribution is 2.32. The van der Waals surface area contributed by atoms with E-state index in [1.54, 1.807) is 26.0 Å². The Kier molecular flexibility index (Phi) is 6.04. The highest BCUT2D eigenvalue weighted by atomic mass is 19.4. The van der Waals surface area contributed by atoms with Gasteiger partial charge in [0.2, 0.25) is 17.7 Å². The van der Waals surface area contributed by atoms with Crippen LogP contribution in [0.1, 0.15) is 27.5 Å². The van der Waals surface area contributed by atoms with Crippen LogP contribution in [0.15, 0.2) is 22.9 Å². The monoisotopic (exact) mass is 441 g/mol. The molecule has 0 atom stereocenters. The second-order valence-electron chi connectivity index (χ2n) is 6.27. The molecule has 164 valence electrons. The number of alkyl halides is 3. The average molecular weight is 441 g/mol. The van der Waals surface area contributed by atoms with E-state index in [2.05, 4.69) is 24.6 Å². The van der Waals surface area contributed by atoms with E-state index in [1.807, 2.05) is 0 Å². The topological polar surface area (TPSA) is 126 Å². The predicted octanol–water partition coefficient (Wildman–Crippen LogP) is 2.86. The zero-order valence-corrected chi connectivity index (χ0v) is 16.2. The molecule has 0 aliphatic rings. The van der Waals surface area contributed by atoms with E-state index in [4.69, 9.17) is 15.2 Å². The van der Waals surface area contributed by atoms with E-state index in [0.29, 0.717) is 22.4 Å². The first-order chi connectivity index (χ1) is 14.6. The Hall–Kier alpha value is -3.77. The summed E-state index contributed by atoms with van der Waals surface area (Å²) in [6.45, 7) is 3.32. The molecule has 13 heteroatoms. The number of aryl methyl sites for hydroxylation is 2. The van der Waals surface area contributed by atoms with Gasteiger partial charge in [-0.2, -0.15) is 22.5 Å². The van der Waals surface area contributed by atoms with Crippen molar-refractivity contribution in [2.45, 2.75) is 20.0 Å². The SMILES string of the molecule is Cc1cc(-c2noc(C(F)(F)F)n2)cc(C)c1OCCOc1ncc(F)nc1C(N)=O. The van der Waals surface area contributed by atoms with Gasteiger partial charge in [-0.25, -0.2) is 9.97 Å². The number of nitrogens with zero attached hydrogens (tertiary/aromatic N) is 4. The third-order valence-corrected chi connectivity index (χ3v) is 3.90. The fourth-order valence-corrected chi connectivity index (χ4v) is 2.67. The van der Waals surface area contributed by atoms with Gasteiger partial charge in [-0.15, -0.1) is 0 Å². The minimum absolute atomic E-state index is 0.0126. The van der Waals surface area contributed by atoms with Crippen LogP contribution in [0, 0.1) is 19.8 Å². The number of benzene rings is 1. The molecule has 0 saturated heterocycles. The first kappa shape index (κ1) is 21.9. The lowest BCUT2D eigenvalue weighted by Gasteiger charge is -2.14. The third kappa shape index (κ3) is 5.05. The van der Waals surface area contributed by atoms with Crippen LogP contribution < -0.4 is 15.2 Å². The van der Waals surface area contributed by atoms with E-state index < -0.39 is 29.6 Å². The fraction of sp³-hybridized carbons (Fsp3) is 0.278. The molecule has 0 aliphatic carbocycles. The lowest BCUT2D eigenvalue weighted by atomic mass is 10.1. The summed E-state index contributed by atoms with van der Waals surface area (Å²) in [7, 11) is 0. The average Bonchev–Trinajstić information content (AvgIpc) is 3.18. The Morgan fingerprint density at radius 2 is 1.77 bits per heavy atom. The van der Waals surface area contributed by atoms with Crippen molar-refractivity contribution in [3.05, 3.63) is 47.0 Å². The van der Waals surface area contributed by atoms with Crippen LogP contribution in [-0.4, -0.2) is 39.2 Å². The van der Waals surface area contributed by atoms with Crippen molar-refractivity contribution in [2.75, 3.05) is 13.2 Å². The summed E-state index contributed by atoms with van der Waals surface area (Å²) in [5.74, 6) is -3.39. The molecule has 1 amide bonds. The highest BCUT2D eigenvalue weighted by molar-refractivity contribution is 5.92. The van der Waals surface area contributed by atoms with Crippen LogP contribution >= 0.6 is 0 Å². The Labute approximate surface area is 172 Å². The van der Waals surface area contributed by atoms with Crippen LogP contribution in [0.4, 0.5) is 17.6 Å². The van der Waals surface area contributed by atoms with E-state index in [1.165, 1.54) is 0 Å². The van der Waals surface area contributed by atoms with Crippen molar-refractivity contribution in [3.63, 3.8) is 0 Å². The van der Waals surface area contributed by atoms with E-state index in [0.717, 1.165) is 6.20 Å². The molecule has 0 bridgehead atoms. The van der Waals surface area contributed by atoms with Crippen LogP contribution in [0.25, 0.3) is 11.4 Å². The number of ether oxygens (including phenoxy) is 2. The number of carbonyl (C=O) groups is 1. The molecule has 31 heavy (non-hydrogen) atoms. The minimum Gasteiger partial charge on any atom is -0.489 e. The number of aromatic nitrogens is 4. The molecule has 3 aromatic rings. The molecule has 0 spiro atoms. The summed E-state index contributed by atoms with van der Waals surface area (Å²) in [5, 5.41) is 3.36. The molecule has 1 aromatic carbocycles. The van der Waals surface area contributed by atoms with Gasteiger partial charge in [0.25, 0.3) is 5.91 Å². The molecule has 3 rings (SSSR count). The van der Waals surface area contributed by atoms with Crippen LogP contribution in [-0.2, 0) is 6.18 Å². The van der Waals surface area contributed by atoms with Crippen molar-refractivity contribution >= 4 is 5.91 Å². The predicted molar refractivity (Wildman–Crippen MR) is 95.7 cm³/mol. The largest absolute Gasteiger partial charge is 0.489 e. The van der Waals surface area contributed by atoms with E-state index >= 15 is 0 Å². The number of halogens is 4. The fourth-order valence-electron chi connectivity index (χ4n) is 2.67. The molecule has 0 aliphatic heterocycles. The maximum atomic E-state index is 13.1. The second-order valence-corrected chi connectivity index (χ2v) is 6.27. The number of primary amides is 1. The van der Waals surface area contributed by atoms with E-state index in [-0.39, 0.29) is 24.9 Å². The van der Waals surface area contributed by atoms with Crippen molar-refractivity contribution in [1.29, 1.82) is 0 Å². The van der Waals surface area contributed by atoms with Crippen molar-refractivity contribution in [2.24, 2.45) is 5.73 Å². The molecule has 0 unspecified atom stereocenters. The van der Waals surface area contributed by atoms with Gasteiger partial charge >= 0.3 is 12.1 Å². The molecule has 0 fully saturated rings. The molecular weight excluding hydrogens is 426 g/mol. The summed E-state index contributed by atoms with van der Waals surface area (Å²) in [5.41, 5.74) is 6.19. The Morgan fingerprint density at radius 3 is 2.35 bits per heavy atom. The number of nitrogens with two attached hydrogens (primary N) is 1. The van der Waals surface area contributed by atoms with Crippen molar-refractivity contribution in [3.8, 4) is 23.0 Å². The summed E-state index contributed by atoms with van der Waals surface area (Å²) in [6.07, 6.45) is -3.96. The summed E-state index contributed by atoms with van der Waals surface area (Å²) >= 11 is 0. The number of hydrogen-bond acceptors (Lipinski definition) is 8. The molecule has 0 saturated carbocycles. The van der Waals surface area contributed by atoms with E-state index in [9.17, 15) is 22.4 Å². The minimum atomic E-state index is -4.73. The van der Waals surface area contributed by atoms with Crippen molar-refractivity contribution in [1.82, 2.24) is 20.1 Å². The van der Waals surface area contributed by atoms with Gasteiger partial charge in [0.1, 0.15) is 19.0 Å². The smallest absolute Gasteiger partial charge is 0.471 e. The third-order valence-electron chi connectivity index (χ3n) is 3.90. The number of hydrogen-bond donors (Lipinski definition) is 1. The van der Waals surface area contributed by atoms with Gasteiger partial charge < -0.3 is 19.7 Å². The van der Waals surface area contributed by atoms with Gasteiger partial charge in [0.15, 0.2) is 5.69 Å². The van der Waals surface area contributed by atoms with Crippen LogP contribution in [0.3, 0.4) is 0 Å².